The lowest BCUT2D eigenvalue weighted by Gasteiger charge is -2.58. The summed E-state index contributed by atoms with van der Waals surface area (Å²) in [6.45, 7) is 5.97. The zero-order chi connectivity index (χ0) is 22.4. The van der Waals surface area contributed by atoms with Crippen LogP contribution in [0.25, 0.3) is 0 Å². The number of nitrogens with one attached hydrogen (secondary N) is 2. The lowest BCUT2D eigenvalue weighted by Crippen LogP contribution is -2.53. The summed E-state index contributed by atoms with van der Waals surface area (Å²) in [6, 6.07) is 0. The third kappa shape index (κ3) is 3.80. The zero-order valence-electron chi connectivity index (χ0n) is 18.8. The Hall–Kier alpha value is -1.86. The van der Waals surface area contributed by atoms with E-state index in [0.29, 0.717) is 17.8 Å². The van der Waals surface area contributed by atoms with Gasteiger partial charge in [-0.3, -0.25) is 15.1 Å². The summed E-state index contributed by atoms with van der Waals surface area (Å²) in [6.07, 6.45) is 11.8. The van der Waals surface area contributed by atoms with Crippen molar-refractivity contribution in [1.29, 1.82) is 0 Å². The molecule has 0 aromatic rings. The van der Waals surface area contributed by atoms with E-state index in [1.807, 2.05) is 6.92 Å². The molecule has 4 rings (SSSR count). The van der Waals surface area contributed by atoms with Gasteiger partial charge in [0.25, 0.3) is 0 Å². The van der Waals surface area contributed by atoms with Crippen LogP contribution in [-0.2, 0) is 14.4 Å². The largest absolute Gasteiger partial charge is 0.548 e. The predicted molar refractivity (Wildman–Crippen MR) is 113 cm³/mol. The number of carboxylic acid groups (broad SMARTS) is 1. The standard InChI is InChI=1S/C24H36N2O5/c1-22-9-6-16(26-31-14-20(27)25-13-21(28)29)12-15(22)4-5-17-18(22)7-10-23(2)19(17)8-11-24(23,3)30/h6,12,17-19,26,30H,4-5,7-11,13-14H2,1-3H3,(H,25,27)(H,28,29)/p-1/t17-,18+,19-,22+,23-,24+/m0/s1. The van der Waals surface area contributed by atoms with Gasteiger partial charge < -0.3 is 20.3 Å². The number of hydroxylamine groups is 1. The van der Waals surface area contributed by atoms with Crippen molar-refractivity contribution >= 4 is 11.9 Å². The van der Waals surface area contributed by atoms with Crippen molar-refractivity contribution in [1.82, 2.24) is 10.8 Å². The van der Waals surface area contributed by atoms with Gasteiger partial charge in [0.2, 0.25) is 5.91 Å². The molecular formula is C24H35N2O5-. The number of carbonyl (C=O) groups excluding carboxylic acids is 2. The van der Waals surface area contributed by atoms with E-state index in [1.165, 1.54) is 12.0 Å². The maximum Gasteiger partial charge on any atom is 0.249 e. The first-order chi connectivity index (χ1) is 14.6. The fourth-order valence-corrected chi connectivity index (χ4v) is 7.14. The van der Waals surface area contributed by atoms with E-state index in [0.717, 1.165) is 44.2 Å². The Balaban J connectivity index is 1.38. The molecule has 0 heterocycles. The quantitative estimate of drug-likeness (QED) is 0.551. The Bertz CT molecular complexity index is 819. The monoisotopic (exact) mass is 431 g/mol. The first-order valence-corrected chi connectivity index (χ1v) is 11.5. The van der Waals surface area contributed by atoms with Crippen LogP contribution >= 0.6 is 0 Å². The van der Waals surface area contributed by atoms with Crippen LogP contribution in [0, 0.1) is 28.6 Å². The second kappa shape index (κ2) is 7.93. The van der Waals surface area contributed by atoms with Crippen molar-refractivity contribution in [2.45, 2.75) is 71.3 Å². The molecule has 31 heavy (non-hydrogen) atoms. The van der Waals surface area contributed by atoms with E-state index in [9.17, 15) is 19.8 Å². The number of aliphatic hydroxyl groups is 1. The number of carboxylic acids is 1. The SMILES string of the molecule is C[C@]12CC[C@@H]3[C@H](CCC4=CC(NOCC(=O)NCC(=O)[O-])=CC[C@]43C)[C@@H]1CC[C@@]2(C)O. The molecule has 0 bridgehead atoms. The first kappa shape index (κ1) is 22.3. The Morgan fingerprint density at radius 2 is 1.94 bits per heavy atom. The molecule has 0 spiro atoms. The lowest BCUT2D eigenvalue weighted by molar-refractivity contribution is -0.304. The van der Waals surface area contributed by atoms with Gasteiger partial charge >= 0.3 is 0 Å². The number of hydrogen-bond acceptors (Lipinski definition) is 6. The summed E-state index contributed by atoms with van der Waals surface area (Å²) >= 11 is 0. The van der Waals surface area contributed by atoms with Gasteiger partial charge in [0.15, 0.2) is 6.61 Å². The molecule has 0 aliphatic heterocycles. The Morgan fingerprint density at radius 3 is 2.68 bits per heavy atom. The van der Waals surface area contributed by atoms with E-state index < -0.39 is 24.0 Å². The van der Waals surface area contributed by atoms with Crippen molar-refractivity contribution in [2.24, 2.45) is 28.6 Å². The van der Waals surface area contributed by atoms with Crippen molar-refractivity contribution in [3.63, 3.8) is 0 Å². The molecule has 6 atom stereocenters. The van der Waals surface area contributed by atoms with Gasteiger partial charge in [-0.05, 0) is 86.5 Å². The van der Waals surface area contributed by atoms with E-state index in [-0.39, 0.29) is 17.4 Å². The summed E-state index contributed by atoms with van der Waals surface area (Å²) in [7, 11) is 0. The Morgan fingerprint density at radius 1 is 1.19 bits per heavy atom. The van der Waals surface area contributed by atoms with Gasteiger partial charge in [-0.15, -0.1) is 0 Å². The normalized spacial score (nSPS) is 41.2. The minimum atomic E-state index is -1.33. The third-order valence-electron chi connectivity index (χ3n) is 9.20. The minimum Gasteiger partial charge on any atom is -0.548 e. The summed E-state index contributed by atoms with van der Waals surface area (Å²) in [5.41, 5.74) is 4.76. The fourth-order valence-electron chi connectivity index (χ4n) is 7.14. The smallest absolute Gasteiger partial charge is 0.249 e. The summed E-state index contributed by atoms with van der Waals surface area (Å²) in [5.74, 6) is 0.0602. The Kier molecular flexibility index (Phi) is 5.71. The zero-order valence-corrected chi connectivity index (χ0v) is 18.8. The molecule has 0 aromatic heterocycles. The summed E-state index contributed by atoms with van der Waals surface area (Å²) < 4.78 is 0. The maximum atomic E-state index is 11.6. The van der Waals surface area contributed by atoms with Crippen molar-refractivity contribution in [2.75, 3.05) is 13.2 Å². The Labute approximate surface area is 184 Å². The molecule has 172 valence electrons. The van der Waals surface area contributed by atoms with Crippen molar-refractivity contribution in [3.8, 4) is 0 Å². The number of rotatable bonds is 6. The summed E-state index contributed by atoms with van der Waals surface area (Å²) in [5, 5.41) is 23.6. The van der Waals surface area contributed by atoms with Gasteiger partial charge in [-0.25, -0.2) is 0 Å². The minimum absolute atomic E-state index is 0.0358. The number of fused-ring (bicyclic) bond motifs is 5. The van der Waals surface area contributed by atoms with E-state index >= 15 is 0 Å². The number of amides is 1. The molecule has 3 saturated carbocycles. The van der Waals surface area contributed by atoms with E-state index in [1.54, 1.807) is 0 Å². The molecule has 0 unspecified atom stereocenters. The molecule has 7 nitrogen and oxygen atoms in total. The molecule has 3 fully saturated rings. The predicted octanol–water partition coefficient (Wildman–Crippen LogP) is 1.58. The molecular weight excluding hydrogens is 396 g/mol. The average Bonchev–Trinajstić information content (AvgIpc) is 2.96. The topological polar surface area (TPSA) is 111 Å². The highest BCUT2D eigenvalue weighted by Crippen LogP contribution is 2.67. The maximum absolute atomic E-state index is 11.6. The number of carbonyl (C=O) groups is 2. The van der Waals surface area contributed by atoms with Crippen molar-refractivity contribution < 1.29 is 24.6 Å². The number of allylic oxidation sites excluding steroid dienone is 3. The molecule has 0 saturated heterocycles. The van der Waals surface area contributed by atoms with Crippen LogP contribution in [0.5, 0.6) is 0 Å². The second-order valence-electron chi connectivity index (χ2n) is 10.7. The number of hydrogen-bond donors (Lipinski definition) is 3. The molecule has 4 aliphatic carbocycles. The van der Waals surface area contributed by atoms with Crippen LogP contribution in [0.3, 0.4) is 0 Å². The van der Waals surface area contributed by atoms with Crippen LogP contribution in [-0.4, -0.2) is 35.7 Å². The molecule has 3 N–H and O–H groups in total. The van der Waals surface area contributed by atoms with Crippen LogP contribution in [0.4, 0.5) is 0 Å². The molecule has 4 aliphatic rings. The summed E-state index contributed by atoms with van der Waals surface area (Å²) in [4.78, 5) is 27.2. The first-order valence-electron chi connectivity index (χ1n) is 11.5. The van der Waals surface area contributed by atoms with Crippen LogP contribution in [0.1, 0.15) is 65.7 Å². The fraction of sp³-hybridized carbons (Fsp3) is 0.750. The van der Waals surface area contributed by atoms with Crippen LogP contribution in [0.15, 0.2) is 23.4 Å². The average molecular weight is 432 g/mol. The van der Waals surface area contributed by atoms with Crippen molar-refractivity contribution in [3.05, 3.63) is 23.4 Å². The van der Waals surface area contributed by atoms with E-state index in [2.05, 4.69) is 36.8 Å². The van der Waals surface area contributed by atoms with Crippen LogP contribution < -0.4 is 15.9 Å². The third-order valence-corrected chi connectivity index (χ3v) is 9.20. The van der Waals surface area contributed by atoms with E-state index in [4.69, 9.17) is 4.84 Å². The second-order valence-corrected chi connectivity index (χ2v) is 10.7. The van der Waals surface area contributed by atoms with Gasteiger partial charge in [0.05, 0.1) is 23.8 Å². The lowest BCUT2D eigenvalue weighted by atomic mass is 9.47. The molecule has 7 heteroatoms. The highest BCUT2D eigenvalue weighted by atomic mass is 16.6. The highest BCUT2D eigenvalue weighted by molar-refractivity contribution is 5.81. The van der Waals surface area contributed by atoms with Gasteiger partial charge in [-0.1, -0.05) is 25.5 Å². The van der Waals surface area contributed by atoms with Crippen LogP contribution in [0.2, 0.25) is 0 Å². The highest BCUT2D eigenvalue weighted by Gasteiger charge is 2.62. The number of aliphatic carboxylic acids is 1. The molecule has 0 radical (unpaired) electrons. The molecule has 1 amide bonds. The van der Waals surface area contributed by atoms with Gasteiger partial charge in [0, 0.05) is 0 Å². The van der Waals surface area contributed by atoms with Gasteiger partial charge in [0.1, 0.15) is 0 Å². The molecule has 0 aromatic carbocycles. The van der Waals surface area contributed by atoms with Gasteiger partial charge in [-0.2, -0.15) is 0 Å².